The molecule has 2 nitrogen and oxygen atoms in total. The highest BCUT2D eigenvalue weighted by atomic mass is 35.5. The fraction of sp³-hybridized carbons (Fsp3) is 0.500. The molecule has 1 saturated carbocycles. The minimum atomic E-state index is -0.235. The van der Waals surface area contributed by atoms with Crippen molar-refractivity contribution >= 4 is 23.2 Å². The second-order valence-corrected chi connectivity index (χ2v) is 5.54. The highest BCUT2D eigenvalue weighted by Gasteiger charge is 2.64. The Morgan fingerprint density at radius 3 is 2.62 bits per heavy atom. The van der Waals surface area contributed by atoms with Gasteiger partial charge in [-0.15, -0.1) is 0 Å². The van der Waals surface area contributed by atoms with E-state index in [0.717, 1.165) is 12.0 Å². The Kier molecular flexibility index (Phi) is 2.96. The first-order chi connectivity index (χ1) is 7.50. The van der Waals surface area contributed by atoms with Crippen molar-refractivity contribution in [3.63, 3.8) is 0 Å². The molecule has 3 N–H and O–H groups in total. The summed E-state index contributed by atoms with van der Waals surface area (Å²) in [7, 11) is 0. The largest absolute Gasteiger partial charge is 0.396 e. The van der Waals surface area contributed by atoms with Crippen LogP contribution in [-0.2, 0) is 5.41 Å². The second-order valence-electron chi connectivity index (χ2n) is 4.75. The van der Waals surface area contributed by atoms with Crippen LogP contribution >= 0.6 is 23.2 Å². The molecule has 4 heteroatoms. The highest BCUT2D eigenvalue weighted by Crippen LogP contribution is 2.65. The van der Waals surface area contributed by atoms with Gasteiger partial charge < -0.3 is 10.8 Å². The van der Waals surface area contributed by atoms with E-state index in [9.17, 15) is 5.11 Å². The Bertz CT molecular complexity index is 417. The molecular formula is C12H15Cl2NO. The van der Waals surface area contributed by atoms with E-state index in [1.165, 1.54) is 0 Å². The summed E-state index contributed by atoms with van der Waals surface area (Å²) in [6.07, 6.45) is 0.854. The van der Waals surface area contributed by atoms with Gasteiger partial charge in [-0.2, -0.15) is 0 Å². The molecule has 1 fully saturated rings. The van der Waals surface area contributed by atoms with Gasteiger partial charge in [0.1, 0.15) is 0 Å². The predicted octanol–water partition coefficient (Wildman–Crippen LogP) is 2.59. The molecule has 0 saturated heterocycles. The van der Waals surface area contributed by atoms with E-state index >= 15 is 0 Å². The van der Waals surface area contributed by atoms with Gasteiger partial charge in [0.05, 0.1) is 16.7 Å². The van der Waals surface area contributed by atoms with Gasteiger partial charge >= 0.3 is 0 Å². The molecule has 0 spiro atoms. The number of benzene rings is 1. The van der Waals surface area contributed by atoms with Crippen molar-refractivity contribution in [1.82, 2.24) is 0 Å². The van der Waals surface area contributed by atoms with E-state index in [1.54, 1.807) is 6.07 Å². The van der Waals surface area contributed by atoms with E-state index in [4.69, 9.17) is 28.9 Å². The number of hydrogen-bond acceptors (Lipinski definition) is 2. The molecule has 1 aliphatic rings. The number of hydrogen-bond donors (Lipinski definition) is 2. The monoisotopic (exact) mass is 259 g/mol. The molecule has 0 bridgehead atoms. The lowest BCUT2D eigenvalue weighted by Gasteiger charge is -2.21. The molecule has 0 aliphatic heterocycles. The van der Waals surface area contributed by atoms with Gasteiger partial charge in [0.15, 0.2) is 0 Å². The average molecular weight is 260 g/mol. The number of halogens is 2. The molecule has 1 aromatic carbocycles. The van der Waals surface area contributed by atoms with Crippen molar-refractivity contribution in [2.75, 3.05) is 13.2 Å². The molecule has 2 unspecified atom stereocenters. The SMILES string of the molecule is CC1(c2cccc(Cl)c2Cl)CC1(CN)CO. The van der Waals surface area contributed by atoms with Crippen LogP contribution in [0.3, 0.4) is 0 Å². The lowest BCUT2D eigenvalue weighted by Crippen LogP contribution is -2.28. The van der Waals surface area contributed by atoms with Crippen LogP contribution in [-0.4, -0.2) is 18.3 Å². The maximum absolute atomic E-state index is 9.46. The van der Waals surface area contributed by atoms with Gasteiger partial charge in [0.2, 0.25) is 0 Å². The number of aliphatic hydroxyl groups is 1. The quantitative estimate of drug-likeness (QED) is 0.877. The van der Waals surface area contributed by atoms with E-state index in [0.29, 0.717) is 16.6 Å². The maximum atomic E-state index is 9.46. The summed E-state index contributed by atoms with van der Waals surface area (Å²) in [5.41, 5.74) is 6.34. The molecule has 0 aromatic heterocycles. The molecule has 0 heterocycles. The first-order valence-corrected chi connectivity index (χ1v) is 6.02. The van der Waals surface area contributed by atoms with E-state index in [1.807, 2.05) is 12.1 Å². The van der Waals surface area contributed by atoms with Crippen molar-refractivity contribution in [2.45, 2.75) is 18.8 Å². The van der Waals surface area contributed by atoms with E-state index in [-0.39, 0.29) is 17.4 Å². The van der Waals surface area contributed by atoms with Crippen molar-refractivity contribution in [2.24, 2.45) is 11.1 Å². The molecular weight excluding hydrogens is 245 g/mol. The predicted molar refractivity (Wildman–Crippen MR) is 67.0 cm³/mol. The van der Waals surface area contributed by atoms with Crippen LogP contribution in [0.5, 0.6) is 0 Å². The first kappa shape index (κ1) is 12.2. The molecule has 0 radical (unpaired) electrons. The van der Waals surface area contributed by atoms with Crippen LogP contribution in [0.4, 0.5) is 0 Å². The molecule has 2 atom stereocenters. The van der Waals surface area contributed by atoms with Crippen molar-refractivity contribution in [3.05, 3.63) is 33.8 Å². The summed E-state index contributed by atoms with van der Waals surface area (Å²) in [4.78, 5) is 0. The molecule has 0 amide bonds. The summed E-state index contributed by atoms with van der Waals surface area (Å²) in [6.45, 7) is 2.62. The number of aliphatic hydroxyl groups excluding tert-OH is 1. The Morgan fingerprint density at radius 1 is 1.44 bits per heavy atom. The minimum Gasteiger partial charge on any atom is -0.396 e. The highest BCUT2D eigenvalue weighted by molar-refractivity contribution is 6.42. The summed E-state index contributed by atoms with van der Waals surface area (Å²) < 4.78 is 0. The summed E-state index contributed by atoms with van der Waals surface area (Å²) >= 11 is 12.2. The maximum Gasteiger partial charge on any atom is 0.0630 e. The zero-order valence-electron chi connectivity index (χ0n) is 9.13. The van der Waals surface area contributed by atoms with Crippen LogP contribution in [0.2, 0.25) is 10.0 Å². The third-order valence-corrected chi connectivity index (χ3v) is 4.80. The van der Waals surface area contributed by atoms with Crippen molar-refractivity contribution < 1.29 is 5.11 Å². The fourth-order valence-electron chi connectivity index (χ4n) is 2.54. The molecule has 1 aliphatic carbocycles. The Balaban J connectivity index is 2.44. The van der Waals surface area contributed by atoms with Crippen LogP contribution in [0.15, 0.2) is 18.2 Å². The number of rotatable bonds is 3. The lowest BCUT2D eigenvalue weighted by molar-refractivity contribution is 0.198. The third-order valence-electron chi connectivity index (χ3n) is 3.98. The molecule has 88 valence electrons. The molecule has 2 rings (SSSR count). The van der Waals surface area contributed by atoms with E-state index < -0.39 is 0 Å². The molecule has 1 aromatic rings. The Labute approximate surface area is 105 Å². The van der Waals surface area contributed by atoms with Gasteiger partial charge in [-0.1, -0.05) is 42.3 Å². The molecule has 16 heavy (non-hydrogen) atoms. The normalized spacial score (nSPS) is 32.8. The summed E-state index contributed by atoms with van der Waals surface area (Å²) in [5, 5.41) is 10.6. The standard InChI is InChI=1S/C12H15Cl2NO/c1-11(5-12(11,6-15)7-16)8-3-2-4-9(13)10(8)14/h2-4,16H,5-7,15H2,1H3. The third kappa shape index (κ3) is 1.48. The average Bonchev–Trinajstić information content (AvgIpc) is 2.90. The topological polar surface area (TPSA) is 46.2 Å². The van der Waals surface area contributed by atoms with Crippen LogP contribution in [0, 0.1) is 5.41 Å². The second kappa shape index (κ2) is 3.88. The number of nitrogens with two attached hydrogens (primary N) is 1. The van der Waals surface area contributed by atoms with Crippen LogP contribution < -0.4 is 5.73 Å². The minimum absolute atomic E-state index is 0.0862. The fourth-order valence-corrected chi connectivity index (χ4v) is 3.04. The lowest BCUT2D eigenvalue weighted by atomic mass is 9.88. The van der Waals surface area contributed by atoms with E-state index in [2.05, 4.69) is 6.92 Å². The van der Waals surface area contributed by atoms with Gasteiger partial charge in [-0.3, -0.25) is 0 Å². The Morgan fingerprint density at radius 2 is 2.12 bits per heavy atom. The summed E-state index contributed by atoms with van der Waals surface area (Å²) in [5.74, 6) is 0. The van der Waals surface area contributed by atoms with Gasteiger partial charge in [-0.05, 0) is 18.1 Å². The smallest absolute Gasteiger partial charge is 0.0630 e. The van der Waals surface area contributed by atoms with Gasteiger partial charge in [0, 0.05) is 17.4 Å². The first-order valence-electron chi connectivity index (χ1n) is 5.26. The zero-order chi connectivity index (χ0) is 12.0. The van der Waals surface area contributed by atoms with Crippen molar-refractivity contribution in [1.29, 1.82) is 0 Å². The van der Waals surface area contributed by atoms with Crippen LogP contribution in [0.1, 0.15) is 18.9 Å². The summed E-state index contributed by atoms with van der Waals surface area (Å²) in [6, 6.07) is 5.61. The Hall–Kier alpha value is -0.280. The zero-order valence-corrected chi connectivity index (χ0v) is 10.6. The van der Waals surface area contributed by atoms with Gasteiger partial charge in [-0.25, -0.2) is 0 Å². The van der Waals surface area contributed by atoms with Crippen molar-refractivity contribution in [3.8, 4) is 0 Å². The van der Waals surface area contributed by atoms with Gasteiger partial charge in [0.25, 0.3) is 0 Å². The van der Waals surface area contributed by atoms with Crippen LogP contribution in [0.25, 0.3) is 0 Å².